The molecule has 2 heterocycles. The zero-order chi connectivity index (χ0) is 15.2. The Labute approximate surface area is 130 Å². The Bertz CT molecular complexity index is 434. The molecule has 21 heavy (non-hydrogen) atoms. The molecule has 0 amide bonds. The first kappa shape index (κ1) is 16.3. The van der Waals surface area contributed by atoms with Crippen LogP contribution in [0, 0.1) is 11.8 Å². The van der Waals surface area contributed by atoms with Crippen molar-refractivity contribution >= 4 is 5.82 Å². The molecule has 2 rings (SSSR count). The van der Waals surface area contributed by atoms with Gasteiger partial charge in [0, 0.05) is 25.3 Å². The van der Waals surface area contributed by atoms with Crippen molar-refractivity contribution in [3.8, 4) is 0 Å². The smallest absolute Gasteiger partial charge is 0.129 e. The van der Waals surface area contributed by atoms with Crippen LogP contribution in [0.1, 0.15) is 51.8 Å². The molecule has 0 radical (unpaired) electrons. The van der Waals surface area contributed by atoms with E-state index in [0.717, 1.165) is 38.5 Å². The van der Waals surface area contributed by atoms with Crippen molar-refractivity contribution in [2.75, 3.05) is 24.5 Å². The summed E-state index contributed by atoms with van der Waals surface area (Å²) >= 11 is 0. The second-order valence-electron chi connectivity index (χ2n) is 6.87. The molecule has 0 aromatic carbocycles. The summed E-state index contributed by atoms with van der Waals surface area (Å²) in [4.78, 5) is 7.31. The van der Waals surface area contributed by atoms with Gasteiger partial charge < -0.3 is 10.2 Å². The van der Waals surface area contributed by atoms with Gasteiger partial charge in [0.15, 0.2) is 0 Å². The number of hydrogen-bond acceptors (Lipinski definition) is 3. The second kappa shape index (κ2) is 7.79. The van der Waals surface area contributed by atoms with Gasteiger partial charge in [-0.25, -0.2) is 4.98 Å². The van der Waals surface area contributed by atoms with Crippen LogP contribution in [0.15, 0.2) is 12.1 Å². The first-order valence-corrected chi connectivity index (χ1v) is 8.54. The molecule has 0 spiro atoms. The number of aromatic nitrogens is 1. The lowest BCUT2D eigenvalue weighted by molar-refractivity contribution is 0.436. The van der Waals surface area contributed by atoms with E-state index in [0.29, 0.717) is 5.92 Å². The van der Waals surface area contributed by atoms with Crippen LogP contribution in [-0.4, -0.2) is 24.6 Å². The van der Waals surface area contributed by atoms with E-state index >= 15 is 0 Å². The maximum Gasteiger partial charge on any atom is 0.129 e. The summed E-state index contributed by atoms with van der Waals surface area (Å²) in [6, 6.07) is 4.53. The summed E-state index contributed by atoms with van der Waals surface area (Å²) in [5.74, 6) is 2.74. The number of hydrogen-bond donors (Lipinski definition) is 1. The number of piperidine rings is 1. The second-order valence-corrected chi connectivity index (χ2v) is 6.87. The van der Waals surface area contributed by atoms with E-state index < -0.39 is 0 Å². The maximum absolute atomic E-state index is 4.84. The van der Waals surface area contributed by atoms with E-state index in [4.69, 9.17) is 4.98 Å². The molecule has 1 aliphatic rings. The van der Waals surface area contributed by atoms with Gasteiger partial charge in [0.05, 0.1) is 0 Å². The average Bonchev–Trinajstić information content (AvgIpc) is 2.47. The van der Waals surface area contributed by atoms with Crippen LogP contribution >= 0.6 is 0 Å². The summed E-state index contributed by atoms with van der Waals surface area (Å²) in [6.45, 7) is 13.4. The van der Waals surface area contributed by atoms with Gasteiger partial charge >= 0.3 is 0 Å². The molecular formula is C18H31N3. The summed E-state index contributed by atoms with van der Waals surface area (Å²) < 4.78 is 0. The average molecular weight is 289 g/mol. The van der Waals surface area contributed by atoms with E-state index in [1.807, 2.05) is 0 Å². The monoisotopic (exact) mass is 289 g/mol. The highest BCUT2D eigenvalue weighted by molar-refractivity contribution is 5.43. The quantitative estimate of drug-likeness (QED) is 0.867. The SMILES string of the molecule is CCc1cc(CNCC(C)C)cc(N2CCC(C)CC2)n1. The zero-order valence-electron chi connectivity index (χ0n) is 14.2. The number of nitrogens with zero attached hydrogens (tertiary/aromatic N) is 2. The molecule has 0 saturated carbocycles. The molecule has 1 aromatic heterocycles. The number of anilines is 1. The van der Waals surface area contributed by atoms with Gasteiger partial charge in [0.2, 0.25) is 0 Å². The summed E-state index contributed by atoms with van der Waals surface area (Å²) in [5, 5.41) is 3.54. The maximum atomic E-state index is 4.84. The highest BCUT2D eigenvalue weighted by Crippen LogP contribution is 2.23. The Morgan fingerprint density at radius 3 is 2.62 bits per heavy atom. The minimum absolute atomic E-state index is 0.695. The van der Waals surface area contributed by atoms with Gasteiger partial charge in [0.1, 0.15) is 5.82 Å². The molecule has 1 fully saturated rings. The number of nitrogens with one attached hydrogen (secondary N) is 1. The van der Waals surface area contributed by atoms with Crippen LogP contribution in [0.5, 0.6) is 0 Å². The predicted molar refractivity (Wildman–Crippen MR) is 90.8 cm³/mol. The van der Waals surface area contributed by atoms with E-state index in [1.165, 1.54) is 29.9 Å². The molecule has 0 bridgehead atoms. The molecule has 3 heteroatoms. The minimum Gasteiger partial charge on any atom is -0.357 e. The Balaban J connectivity index is 2.06. The molecule has 1 aromatic rings. The summed E-state index contributed by atoms with van der Waals surface area (Å²) in [6.07, 6.45) is 3.59. The molecule has 1 N–H and O–H groups in total. The molecule has 3 nitrogen and oxygen atoms in total. The predicted octanol–water partition coefficient (Wildman–Crippen LogP) is 3.63. The lowest BCUT2D eigenvalue weighted by Crippen LogP contribution is -2.33. The Kier molecular flexibility index (Phi) is 6.04. The first-order chi connectivity index (χ1) is 10.1. The van der Waals surface area contributed by atoms with Crippen molar-refractivity contribution in [2.24, 2.45) is 11.8 Å². The van der Waals surface area contributed by atoms with Gasteiger partial charge in [-0.1, -0.05) is 27.7 Å². The van der Waals surface area contributed by atoms with Gasteiger partial charge in [-0.05, 0) is 55.3 Å². The van der Waals surface area contributed by atoms with Crippen molar-refractivity contribution < 1.29 is 0 Å². The molecule has 0 aliphatic carbocycles. The summed E-state index contributed by atoms with van der Waals surface area (Å²) in [5.41, 5.74) is 2.59. The van der Waals surface area contributed by atoms with Crippen LogP contribution in [-0.2, 0) is 13.0 Å². The molecular weight excluding hydrogens is 258 g/mol. The molecule has 118 valence electrons. The van der Waals surface area contributed by atoms with E-state index in [9.17, 15) is 0 Å². The normalized spacial score (nSPS) is 16.7. The summed E-state index contributed by atoms with van der Waals surface area (Å²) in [7, 11) is 0. The molecule has 1 saturated heterocycles. The van der Waals surface area contributed by atoms with Gasteiger partial charge in [0.25, 0.3) is 0 Å². The fraction of sp³-hybridized carbons (Fsp3) is 0.722. The highest BCUT2D eigenvalue weighted by Gasteiger charge is 2.17. The number of rotatable bonds is 6. The number of pyridine rings is 1. The van der Waals surface area contributed by atoms with Crippen molar-refractivity contribution in [2.45, 2.75) is 53.5 Å². The van der Waals surface area contributed by atoms with Crippen LogP contribution < -0.4 is 10.2 Å². The third-order valence-corrected chi connectivity index (χ3v) is 4.28. The van der Waals surface area contributed by atoms with Gasteiger partial charge in [-0.3, -0.25) is 0 Å². The van der Waals surface area contributed by atoms with Crippen molar-refractivity contribution in [3.05, 3.63) is 23.4 Å². The topological polar surface area (TPSA) is 28.2 Å². The molecule has 1 aliphatic heterocycles. The van der Waals surface area contributed by atoms with Crippen molar-refractivity contribution in [1.29, 1.82) is 0 Å². The standard InChI is InChI=1S/C18H31N3/c1-5-17-10-16(13-19-12-14(2)3)11-18(20-17)21-8-6-15(4)7-9-21/h10-11,14-15,19H,5-9,12-13H2,1-4H3. The number of aryl methyl sites for hydroxylation is 1. The lowest BCUT2D eigenvalue weighted by atomic mass is 9.99. The fourth-order valence-corrected chi connectivity index (χ4v) is 2.82. The lowest BCUT2D eigenvalue weighted by Gasteiger charge is -2.31. The van der Waals surface area contributed by atoms with Crippen molar-refractivity contribution in [3.63, 3.8) is 0 Å². The van der Waals surface area contributed by atoms with Crippen LogP contribution in [0.2, 0.25) is 0 Å². The highest BCUT2D eigenvalue weighted by atomic mass is 15.2. The third kappa shape index (κ3) is 4.99. The third-order valence-electron chi connectivity index (χ3n) is 4.28. The molecule has 0 atom stereocenters. The van der Waals surface area contributed by atoms with E-state index in [2.05, 4.69) is 50.0 Å². The molecule has 0 unspecified atom stereocenters. The van der Waals surface area contributed by atoms with E-state index in [1.54, 1.807) is 0 Å². The van der Waals surface area contributed by atoms with E-state index in [-0.39, 0.29) is 0 Å². The van der Waals surface area contributed by atoms with Crippen LogP contribution in [0.3, 0.4) is 0 Å². The Morgan fingerprint density at radius 2 is 2.00 bits per heavy atom. The Morgan fingerprint density at radius 1 is 1.29 bits per heavy atom. The fourth-order valence-electron chi connectivity index (χ4n) is 2.82. The largest absolute Gasteiger partial charge is 0.357 e. The van der Waals surface area contributed by atoms with Crippen molar-refractivity contribution in [1.82, 2.24) is 10.3 Å². The minimum atomic E-state index is 0.695. The van der Waals surface area contributed by atoms with Gasteiger partial charge in [-0.2, -0.15) is 0 Å². The van der Waals surface area contributed by atoms with Gasteiger partial charge in [-0.15, -0.1) is 0 Å². The first-order valence-electron chi connectivity index (χ1n) is 8.54. The van der Waals surface area contributed by atoms with Crippen LogP contribution in [0.25, 0.3) is 0 Å². The van der Waals surface area contributed by atoms with Crippen LogP contribution in [0.4, 0.5) is 5.82 Å². The Hall–Kier alpha value is -1.09. The zero-order valence-corrected chi connectivity index (χ0v) is 14.2.